The summed E-state index contributed by atoms with van der Waals surface area (Å²) in [6, 6.07) is 0. The molecule has 1 aliphatic rings. The third-order valence-corrected chi connectivity index (χ3v) is 1.80. The lowest BCUT2D eigenvalue weighted by Crippen LogP contribution is -2.04. The van der Waals surface area contributed by atoms with Gasteiger partial charge in [-0.1, -0.05) is 26.0 Å². The molecule has 1 nitrogen and oxygen atoms in total. The van der Waals surface area contributed by atoms with Crippen LogP contribution in [-0.4, -0.2) is 11.2 Å². The van der Waals surface area contributed by atoms with Gasteiger partial charge in [0.1, 0.15) is 0 Å². The van der Waals surface area contributed by atoms with Crippen molar-refractivity contribution in [3.8, 4) is 0 Å². The first-order valence-corrected chi connectivity index (χ1v) is 4.06. The van der Waals surface area contributed by atoms with Crippen molar-refractivity contribution in [3.05, 3.63) is 12.2 Å². The van der Waals surface area contributed by atoms with Crippen LogP contribution in [0.4, 0.5) is 0 Å². The van der Waals surface area contributed by atoms with Crippen LogP contribution in [0.2, 0.25) is 0 Å². The lowest BCUT2D eigenvalue weighted by molar-refractivity contribution is 0.199. The van der Waals surface area contributed by atoms with Gasteiger partial charge >= 0.3 is 0 Å². The van der Waals surface area contributed by atoms with E-state index in [2.05, 4.69) is 19.9 Å². The SMILES string of the molecule is CC(C)/C=C/[C@@H](O)C1CC1. The molecule has 0 aliphatic heterocycles. The Bertz CT molecular complexity index is 123. The van der Waals surface area contributed by atoms with Crippen molar-refractivity contribution in [2.45, 2.75) is 32.8 Å². The summed E-state index contributed by atoms with van der Waals surface area (Å²) >= 11 is 0. The maximum atomic E-state index is 9.35. The van der Waals surface area contributed by atoms with Crippen molar-refractivity contribution in [1.29, 1.82) is 0 Å². The molecule has 0 unspecified atom stereocenters. The Balaban J connectivity index is 2.21. The van der Waals surface area contributed by atoms with Crippen LogP contribution in [0.3, 0.4) is 0 Å². The van der Waals surface area contributed by atoms with Gasteiger partial charge < -0.3 is 5.11 Å². The lowest BCUT2D eigenvalue weighted by Gasteiger charge is -2.01. The van der Waals surface area contributed by atoms with Crippen molar-refractivity contribution in [1.82, 2.24) is 0 Å². The average Bonchev–Trinajstić information content (AvgIpc) is 2.63. The molecule has 0 aromatic heterocycles. The van der Waals surface area contributed by atoms with Crippen molar-refractivity contribution < 1.29 is 5.11 Å². The second kappa shape index (κ2) is 3.20. The smallest absolute Gasteiger partial charge is 0.0749 e. The first kappa shape index (κ1) is 7.80. The second-order valence-corrected chi connectivity index (χ2v) is 3.46. The molecule has 58 valence electrons. The van der Waals surface area contributed by atoms with Gasteiger partial charge in [0.25, 0.3) is 0 Å². The zero-order chi connectivity index (χ0) is 7.56. The fourth-order valence-electron chi connectivity index (χ4n) is 0.931. The fourth-order valence-corrected chi connectivity index (χ4v) is 0.931. The molecular weight excluding hydrogens is 124 g/mol. The van der Waals surface area contributed by atoms with Gasteiger partial charge in [-0.15, -0.1) is 0 Å². The molecule has 0 radical (unpaired) electrons. The predicted molar refractivity (Wildman–Crippen MR) is 42.7 cm³/mol. The van der Waals surface area contributed by atoms with Gasteiger partial charge in [0.05, 0.1) is 6.10 Å². The average molecular weight is 140 g/mol. The number of aliphatic hydroxyl groups is 1. The Kier molecular flexibility index (Phi) is 2.50. The van der Waals surface area contributed by atoms with Crippen molar-refractivity contribution in [2.75, 3.05) is 0 Å². The van der Waals surface area contributed by atoms with Crippen LogP contribution in [0.25, 0.3) is 0 Å². The van der Waals surface area contributed by atoms with Crippen LogP contribution < -0.4 is 0 Å². The Morgan fingerprint density at radius 1 is 1.30 bits per heavy atom. The van der Waals surface area contributed by atoms with Gasteiger partial charge in [-0.3, -0.25) is 0 Å². The molecule has 0 heterocycles. The highest BCUT2D eigenvalue weighted by Gasteiger charge is 2.27. The summed E-state index contributed by atoms with van der Waals surface area (Å²) in [5.41, 5.74) is 0. The van der Waals surface area contributed by atoms with Gasteiger partial charge in [0, 0.05) is 0 Å². The second-order valence-electron chi connectivity index (χ2n) is 3.46. The molecule has 0 amide bonds. The Labute approximate surface area is 62.8 Å². The molecule has 0 bridgehead atoms. The Morgan fingerprint density at radius 3 is 2.30 bits per heavy atom. The molecule has 1 saturated carbocycles. The molecule has 0 aromatic rings. The van der Waals surface area contributed by atoms with E-state index < -0.39 is 0 Å². The first-order chi connectivity index (χ1) is 4.70. The number of aliphatic hydroxyl groups excluding tert-OH is 1. The predicted octanol–water partition coefficient (Wildman–Crippen LogP) is 1.97. The number of hydrogen-bond donors (Lipinski definition) is 1. The fraction of sp³-hybridized carbons (Fsp3) is 0.778. The van der Waals surface area contributed by atoms with Gasteiger partial charge in [-0.05, 0) is 24.7 Å². The summed E-state index contributed by atoms with van der Waals surface area (Å²) in [5.74, 6) is 1.14. The monoisotopic (exact) mass is 140 g/mol. The minimum absolute atomic E-state index is 0.164. The van der Waals surface area contributed by atoms with Crippen LogP contribution in [0.5, 0.6) is 0 Å². The first-order valence-electron chi connectivity index (χ1n) is 4.06. The third kappa shape index (κ3) is 2.53. The van der Waals surface area contributed by atoms with Crippen LogP contribution in [0.15, 0.2) is 12.2 Å². The molecule has 1 heteroatoms. The van der Waals surface area contributed by atoms with E-state index in [1.165, 1.54) is 12.8 Å². The van der Waals surface area contributed by atoms with Gasteiger partial charge in [0.15, 0.2) is 0 Å². The molecular formula is C9H16O. The van der Waals surface area contributed by atoms with E-state index in [1.54, 1.807) is 0 Å². The van der Waals surface area contributed by atoms with Gasteiger partial charge in [0.2, 0.25) is 0 Å². The molecule has 1 N–H and O–H groups in total. The summed E-state index contributed by atoms with van der Waals surface area (Å²) in [5, 5.41) is 9.35. The third-order valence-electron chi connectivity index (χ3n) is 1.80. The Hall–Kier alpha value is -0.300. The normalized spacial score (nSPS) is 22.4. The highest BCUT2D eigenvalue weighted by atomic mass is 16.3. The van der Waals surface area contributed by atoms with Crippen molar-refractivity contribution >= 4 is 0 Å². The van der Waals surface area contributed by atoms with Crippen LogP contribution in [0.1, 0.15) is 26.7 Å². The summed E-state index contributed by atoms with van der Waals surface area (Å²) in [4.78, 5) is 0. The molecule has 1 aliphatic carbocycles. The molecule has 1 rings (SSSR count). The Morgan fingerprint density at radius 2 is 1.90 bits per heavy atom. The molecule has 1 atom stereocenters. The molecule has 10 heavy (non-hydrogen) atoms. The highest BCUT2D eigenvalue weighted by Crippen LogP contribution is 2.33. The zero-order valence-electron chi connectivity index (χ0n) is 6.75. The van der Waals surface area contributed by atoms with E-state index in [0.717, 1.165) is 0 Å². The summed E-state index contributed by atoms with van der Waals surface area (Å²) < 4.78 is 0. The number of rotatable bonds is 3. The molecule has 1 fully saturated rings. The zero-order valence-corrected chi connectivity index (χ0v) is 6.75. The van der Waals surface area contributed by atoms with E-state index in [4.69, 9.17) is 0 Å². The maximum Gasteiger partial charge on any atom is 0.0749 e. The van der Waals surface area contributed by atoms with E-state index in [0.29, 0.717) is 11.8 Å². The van der Waals surface area contributed by atoms with E-state index in [9.17, 15) is 5.11 Å². The maximum absolute atomic E-state index is 9.35. The quantitative estimate of drug-likeness (QED) is 0.594. The molecule has 0 saturated heterocycles. The minimum Gasteiger partial charge on any atom is -0.389 e. The van der Waals surface area contributed by atoms with Crippen molar-refractivity contribution in [2.24, 2.45) is 11.8 Å². The molecule has 0 aromatic carbocycles. The lowest BCUT2D eigenvalue weighted by atomic mass is 10.1. The standard InChI is InChI=1S/C9H16O/c1-7(2)3-6-9(10)8-4-5-8/h3,6-10H,4-5H2,1-2H3/b6-3+/t9-/m1/s1. The summed E-state index contributed by atoms with van der Waals surface area (Å²) in [6.45, 7) is 4.24. The highest BCUT2D eigenvalue weighted by molar-refractivity contribution is 4.97. The summed E-state index contributed by atoms with van der Waals surface area (Å²) in [6.07, 6.45) is 6.26. The van der Waals surface area contributed by atoms with Crippen molar-refractivity contribution in [3.63, 3.8) is 0 Å². The minimum atomic E-state index is -0.164. The summed E-state index contributed by atoms with van der Waals surface area (Å²) in [7, 11) is 0. The van der Waals surface area contributed by atoms with Crippen LogP contribution >= 0.6 is 0 Å². The van der Waals surface area contributed by atoms with E-state index in [1.807, 2.05) is 6.08 Å². The number of hydrogen-bond acceptors (Lipinski definition) is 1. The number of allylic oxidation sites excluding steroid dienone is 1. The van der Waals surface area contributed by atoms with Crippen LogP contribution in [0, 0.1) is 11.8 Å². The van der Waals surface area contributed by atoms with E-state index >= 15 is 0 Å². The van der Waals surface area contributed by atoms with Gasteiger partial charge in [-0.25, -0.2) is 0 Å². The largest absolute Gasteiger partial charge is 0.389 e. The van der Waals surface area contributed by atoms with Gasteiger partial charge in [-0.2, -0.15) is 0 Å². The topological polar surface area (TPSA) is 20.2 Å². The van der Waals surface area contributed by atoms with E-state index in [-0.39, 0.29) is 6.10 Å². The van der Waals surface area contributed by atoms with Crippen LogP contribution in [-0.2, 0) is 0 Å². The molecule has 0 spiro atoms.